The summed E-state index contributed by atoms with van der Waals surface area (Å²) >= 11 is 0. The Morgan fingerprint density at radius 3 is 2.17 bits per heavy atom. The molecule has 12 heavy (non-hydrogen) atoms. The minimum atomic E-state index is 0.804. The molecule has 0 saturated carbocycles. The number of methoxy groups -OCH3 is 1. The van der Waals surface area contributed by atoms with Crippen LogP contribution in [0.5, 0.6) is 0 Å². The molecule has 1 radical (unpaired) electrons. The molecule has 0 saturated heterocycles. The Kier molecular flexibility index (Phi) is 10.8. The minimum Gasteiger partial charge on any atom is -0.385 e. The van der Waals surface area contributed by atoms with Gasteiger partial charge in [0, 0.05) is 26.9 Å². The van der Waals surface area contributed by atoms with Crippen LogP contribution in [0.1, 0.15) is 32.1 Å². The monoisotopic (exact) mass is 173 g/mol. The first kappa shape index (κ1) is 11.9. The molecule has 0 unspecified atom stereocenters. The van der Waals surface area contributed by atoms with Crippen LogP contribution in [0.4, 0.5) is 0 Å². The molecule has 0 aliphatic rings. The summed E-state index contributed by atoms with van der Waals surface area (Å²) in [5, 5.41) is 0. The lowest BCUT2D eigenvalue weighted by Crippen LogP contribution is -1.96. The van der Waals surface area contributed by atoms with Gasteiger partial charge in [-0.1, -0.05) is 19.8 Å². The van der Waals surface area contributed by atoms with Crippen LogP contribution in [0.25, 0.3) is 0 Å². The van der Waals surface area contributed by atoms with Crippen LogP contribution in [0.3, 0.4) is 0 Å². The van der Waals surface area contributed by atoms with E-state index in [1.165, 1.54) is 25.7 Å². The van der Waals surface area contributed by atoms with Crippen LogP contribution in [-0.4, -0.2) is 26.9 Å². The lowest BCUT2D eigenvalue weighted by Gasteiger charge is -2.02. The minimum absolute atomic E-state index is 0.804. The van der Waals surface area contributed by atoms with E-state index in [4.69, 9.17) is 9.47 Å². The maximum atomic E-state index is 5.30. The molecule has 0 bridgehead atoms. The van der Waals surface area contributed by atoms with Crippen molar-refractivity contribution in [2.45, 2.75) is 32.1 Å². The summed E-state index contributed by atoms with van der Waals surface area (Å²) in [4.78, 5) is 0. The highest BCUT2D eigenvalue weighted by atomic mass is 16.5. The van der Waals surface area contributed by atoms with E-state index in [2.05, 4.69) is 6.92 Å². The molecule has 0 amide bonds. The predicted molar refractivity (Wildman–Crippen MR) is 51.1 cm³/mol. The van der Waals surface area contributed by atoms with Crippen molar-refractivity contribution in [1.29, 1.82) is 0 Å². The van der Waals surface area contributed by atoms with Gasteiger partial charge in [0.15, 0.2) is 0 Å². The zero-order valence-corrected chi connectivity index (χ0v) is 8.18. The van der Waals surface area contributed by atoms with Crippen LogP contribution in [0.2, 0.25) is 0 Å². The van der Waals surface area contributed by atoms with Gasteiger partial charge in [-0.2, -0.15) is 0 Å². The van der Waals surface area contributed by atoms with Crippen molar-refractivity contribution < 1.29 is 9.47 Å². The summed E-state index contributed by atoms with van der Waals surface area (Å²) in [6, 6.07) is 0. The highest BCUT2D eigenvalue weighted by Gasteiger charge is 1.89. The number of hydrogen-bond acceptors (Lipinski definition) is 2. The second kappa shape index (κ2) is 10.9. The predicted octanol–water partition coefficient (Wildman–Crippen LogP) is 2.43. The van der Waals surface area contributed by atoms with Gasteiger partial charge < -0.3 is 9.47 Å². The Labute approximate surface area is 76.3 Å². The third kappa shape index (κ3) is 9.92. The average molecular weight is 173 g/mol. The van der Waals surface area contributed by atoms with E-state index in [0.29, 0.717) is 0 Å². The van der Waals surface area contributed by atoms with Crippen molar-refractivity contribution in [3.8, 4) is 0 Å². The zero-order valence-electron chi connectivity index (χ0n) is 8.18. The first-order valence-electron chi connectivity index (χ1n) is 4.77. The number of rotatable bonds is 9. The largest absolute Gasteiger partial charge is 0.385 e. The van der Waals surface area contributed by atoms with Gasteiger partial charge >= 0.3 is 0 Å². The molecule has 0 aliphatic heterocycles. The van der Waals surface area contributed by atoms with Crippen LogP contribution in [0, 0.1) is 6.92 Å². The van der Waals surface area contributed by atoms with Crippen LogP contribution in [0.15, 0.2) is 0 Å². The van der Waals surface area contributed by atoms with Crippen molar-refractivity contribution in [3.05, 3.63) is 6.92 Å². The Bertz CT molecular complexity index is 64.2. The first-order valence-corrected chi connectivity index (χ1v) is 4.77. The smallest absolute Gasteiger partial charge is 0.0466 e. The summed E-state index contributed by atoms with van der Waals surface area (Å²) in [6.45, 7) is 6.29. The molecule has 73 valence electrons. The standard InChI is InChI=1S/C10H21O2/c1-3-8-12-10-7-5-4-6-9-11-2/h1,3-10H2,2H3. The van der Waals surface area contributed by atoms with Gasteiger partial charge in [-0.15, -0.1) is 0 Å². The Balaban J connectivity index is 2.73. The number of ether oxygens (including phenoxy) is 2. The molecule has 0 fully saturated rings. The number of unbranched alkanes of at least 4 members (excludes halogenated alkanes) is 3. The fraction of sp³-hybridized carbons (Fsp3) is 0.900. The summed E-state index contributed by atoms with van der Waals surface area (Å²) in [6.07, 6.45) is 5.72. The zero-order chi connectivity index (χ0) is 9.07. The van der Waals surface area contributed by atoms with E-state index in [9.17, 15) is 0 Å². The molecule has 0 aromatic carbocycles. The van der Waals surface area contributed by atoms with Gasteiger partial charge in [0.05, 0.1) is 0 Å². The van der Waals surface area contributed by atoms with Gasteiger partial charge in [-0.3, -0.25) is 0 Å². The molecule has 0 spiro atoms. The fourth-order valence-electron chi connectivity index (χ4n) is 1.01. The van der Waals surface area contributed by atoms with Crippen molar-refractivity contribution in [1.82, 2.24) is 0 Å². The molecule has 0 atom stereocenters. The second-order valence-corrected chi connectivity index (χ2v) is 2.87. The quantitative estimate of drug-likeness (QED) is 0.499. The van der Waals surface area contributed by atoms with Gasteiger partial charge in [0.25, 0.3) is 0 Å². The van der Waals surface area contributed by atoms with E-state index in [1.807, 2.05) is 0 Å². The molecular formula is C10H21O2. The molecule has 2 nitrogen and oxygen atoms in total. The Morgan fingerprint density at radius 2 is 1.58 bits per heavy atom. The van der Waals surface area contributed by atoms with Gasteiger partial charge in [-0.25, -0.2) is 0 Å². The van der Waals surface area contributed by atoms with E-state index in [0.717, 1.165) is 26.2 Å². The summed E-state index contributed by atoms with van der Waals surface area (Å²) in [5.74, 6) is 0. The molecule has 0 aromatic heterocycles. The van der Waals surface area contributed by atoms with Crippen molar-refractivity contribution >= 4 is 0 Å². The lowest BCUT2D eigenvalue weighted by atomic mass is 10.2. The summed E-state index contributed by atoms with van der Waals surface area (Å²) in [7, 11) is 1.75. The second-order valence-electron chi connectivity index (χ2n) is 2.87. The molecule has 0 rings (SSSR count). The van der Waals surface area contributed by atoms with Crippen LogP contribution >= 0.6 is 0 Å². The molecular weight excluding hydrogens is 152 g/mol. The maximum absolute atomic E-state index is 5.30. The normalized spacial score (nSPS) is 10.5. The highest BCUT2D eigenvalue weighted by Crippen LogP contribution is 2.00. The Hall–Kier alpha value is -0.0800. The summed E-state index contributed by atoms with van der Waals surface area (Å²) in [5.41, 5.74) is 0. The highest BCUT2D eigenvalue weighted by molar-refractivity contribution is 4.43. The molecule has 2 heteroatoms. The van der Waals surface area contributed by atoms with Crippen molar-refractivity contribution in [3.63, 3.8) is 0 Å². The van der Waals surface area contributed by atoms with Gasteiger partial charge in [0.1, 0.15) is 0 Å². The molecule has 0 aromatic rings. The first-order chi connectivity index (χ1) is 5.91. The molecule has 0 N–H and O–H groups in total. The summed E-state index contributed by atoms with van der Waals surface area (Å²) < 4.78 is 10.2. The Morgan fingerprint density at radius 1 is 0.917 bits per heavy atom. The molecule has 0 aliphatic carbocycles. The van der Waals surface area contributed by atoms with E-state index in [-0.39, 0.29) is 0 Å². The third-order valence-electron chi connectivity index (χ3n) is 1.68. The van der Waals surface area contributed by atoms with Crippen LogP contribution in [-0.2, 0) is 9.47 Å². The van der Waals surface area contributed by atoms with Gasteiger partial charge in [-0.05, 0) is 19.3 Å². The average Bonchev–Trinajstić information content (AvgIpc) is 2.10. The lowest BCUT2D eigenvalue weighted by molar-refractivity contribution is 0.132. The van der Waals surface area contributed by atoms with E-state index in [1.54, 1.807) is 7.11 Å². The number of hydrogen-bond donors (Lipinski definition) is 0. The van der Waals surface area contributed by atoms with Crippen LogP contribution < -0.4 is 0 Å². The fourth-order valence-corrected chi connectivity index (χ4v) is 1.01. The SMILES string of the molecule is [CH2]CCOCCCCCCOC. The third-order valence-corrected chi connectivity index (χ3v) is 1.68. The molecule has 0 heterocycles. The topological polar surface area (TPSA) is 18.5 Å². The van der Waals surface area contributed by atoms with E-state index < -0.39 is 0 Å². The van der Waals surface area contributed by atoms with Crippen molar-refractivity contribution in [2.75, 3.05) is 26.9 Å². The van der Waals surface area contributed by atoms with Crippen molar-refractivity contribution in [2.24, 2.45) is 0 Å². The van der Waals surface area contributed by atoms with Gasteiger partial charge in [0.2, 0.25) is 0 Å². The van der Waals surface area contributed by atoms with E-state index >= 15 is 0 Å². The maximum Gasteiger partial charge on any atom is 0.0466 e.